The van der Waals surface area contributed by atoms with Crippen molar-refractivity contribution < 1.29 is 9.21 Å². The molecule has 1 aromatic carbocycles. The van der Waals surface area contributed by atoms with E-state index in [4.69, 9.17) is 4.42 Å². The molecule has 0 radical (unpaired) electrons. The van der Waals surface area contributed by atoms with E-state index in [1.165, 1.54) is 11.8 Å². The summed E-state index contributed by atoms with van der Waals surface area (Å²) in [6.07, 6.45) is 3.61. The molecule has 26 heavy (non-hydrogen) atoms. The lowest BCUT2D eigenvalue weighted by Crippen LogP contribution is -2.10. The van der Waals surface area contributed by atoms with E-state index in [0.29, 0.717) is 28.2 Å². The van der Waals surface area contributed by atoms with Gasteiger partial charge in [-0.3, -0.25) is 4.79 Å². The standard InChI is InChI=1S/C17H15N5O3S/c1-22-7-6-18-17(22)26-9-11-3-5-14(25-11)15(23)19-10-2-4-12-13(8-10)21-16(24)20-12/h2-8H,9H2,1H3,(H,19,23)(H2,20,21,24). The van der Waals surface area contributed by atoms with Gasteiger partial charge in [-0.25, -0.2) is 9.78 Å². The lowest BCUT2D eigenvalue weighted by molar-refractivity contribution is 0.0995. The average molecular weight is 369 g/mol. The van der Waals surface area contributed by atoms with Gasteiger partial charge >= 0.3 is 5.69 Å². The number of carbonyl (C=O) groups is 1. The van der Waals surface area contributed by atoms with Crippen LogP contribution in [-0.4, -0.2) is 25.4 Å². The Hall–Kier alpha value is -3.20. The third-order valence-corrected chi connectivity index (χ3v) is 4.86. The Balaban J connectivity index is 1.43. The molecule has 3 heterocycles. The van der Waals surface area contributed by atoms with Gasteiger partial charge in [0.05, 0.1) is 16.8 Å². The lowest BCUT2D eigenvalue weighted by Gasteiger charge is -2.03. The monoisotopic (exact) mass is 369 g/mol. The minimum atomic E-state index is -0.351. The van der Waals surface area contributed by atoms with Crippen LogP contribution in [0.5, 0.6) is 0 Å². The molecule has 0 atom stereocenters. The van der Waals surface area contributed by atoms with Crippen molar-refractivity contribution in [2.45, 2.75) is 10.9 Å². The number of benzene rings is 1. The summed E-state index contributed by atoms with van der Waals surface area (Å²) >= 11 is 1.53. The Morgan fingerprint density at radius 3 is 2.92 bits per heavy atom. The number of nitrogens with zero attached hydrogens (tertiary/aromatic N) is 2. The van der Waals surface area contributed by atoms with Crippen molar-refractivity contribution >= 4 is 34.4 Å². The smallest absolute Gasteiger partial charge is 0.323 e. The largest absolute Gasteiger partial charge is 0.455 e. The van der Waals surface area contributed by atoms with Crippen molar-refractivity contribution in [3.05, 3.63) is 64.7 Å². The van der Waals surface area contributed by atoms with Crippen molar-refractivity contribution in [2.24, 2.45) is 7.05 Å². The van der Waals surface area contributed by atoms with Crippen LogP contribution in [0.15, 0.2) is 57.1 Å². The van der Waals surface area contributed by atoms with Crippen molar-refractivity contribution in [2.75, 3.05) is 5.32 Å². The molecular formula is C17H15N5O3S. The Labute approximate surface area is 151 Å². The van der Waals surface area contributed by atoms with E-state index in [2.05, 4.69) is 20.3 Å². The molecule has 0 saturated heterocycles. The van der Waals surface area contributed by atoms with Gasteiger partial charge < -0.3 is 24.3 Å². The number of hydrogen-bond acceptors (Lipinski definition) is 5. The number of nitrogens with one attached hydrogen (secondary N) is 3. The van der Waals surface area contributed by atoms with E-state index < -0.39 is 0 Å². The van der Waals surface area contributed by atoms with Crippen LogP contribution in [0.1, 0.15) is 16.3 Å². The molecule has 0 unspecified atom stereocenters. The zero-order valence-electron chi connectivity index (χ0n) is 13.8. The van der Waals surface area contributed by atoms with Gasteiger partial charge in [0.25, 0.3) is 5.91 Å². The minimum absolute atomic E-state index is 0.225. The maximum atomic E-state index is 12.3. The fraction of sp³-hybridized carbons (Fsp3) is 0.118. The second-order valence-electron chi connectivity index (χ2n) is 5.67. The Kier molecular flexibility index (Phi) is 4.13. The number of carbonyl (C=O) groups excluding carboxylic acids is 1. The van der Waals surface area contributed by atoms with Crippen LogP contribution >= 0.6 is 11.8 Å². The second-order valence-corrected chi connectivity index (χ2v) is 6.61. The summed E-state index contributed by atoms with van der Waals surface area (Å²) in [5, 5.41) is 3.64. The fourth-order valence-electron chi connectivity index (χ4n) is 2.51. The third kappa shape index (κ3) is 3.29. The van der Waals surface area contributed by atoms with Gasteiger partial charge in [0.15, 0.2) is 10.9 Å². The molecule has 8 nitrogen and oxygen atoms in total. The van der Waals surface area contributed by atoms with Gasteiger partial charge in [-0.15, -0.1) is 0 Å². The highest BCUT2D eigenvalue weighted by atomic mass is 32.2. The molecule has 1 amide bonds. The first-order valence-corrected chi connectivity index (χ1v) is 8.79. The maximum Gasteiger partial charge on any atom is 0.323 e. The van der Waals surface area contributed by atoms with Gasteiger partial charge in [0, 0.05) is 25.1 Å². The van der Waals surface area contributed by atoms with E-state index in [1.807, 2.05) is 17.8 Å². The van der Waals surface area contributed by atoms with E-state index in [1.54, 1.807) is 36.5 Å². The average Bonchev–Trinajstić information content (AvgIpc) is 3.31. The molecule has 0 fully saturated rings. The maximum absolute atomic E-state index is 12.3. The van der Waals surface area contributed by atoms with Crippen LogP contribution < -0.4 is 11.0 Å². The molecule has 0 saturated carbocycles. The van der Waals surface area contributed by atoms with Gasteiger partial charge in [-0.1, -0.05) is 11.8 Å². The van der Waals surface area contributed by atoms with Crippen molar-refractivity contribution in [1.29, 1.82) is 0 Å². The molecular weight excluding hydrogens is 354 g/mol. The number of furan rings is 1. The predicted octanol–water partition coefficient (Wildman–Crippen LogP) is 2.73. The Morgan fingerprint density at radius 2 is 2.12 bits per heavy atom. The summed E-state index contributed by atoms with van der Waals surface area (Å²) < 4.78 is 7.53. The van der Waals surface area contributed by atoms with Crippen molar-refractivity contribution in [3.8, 4) is 0 Å². The number of amides is 1. The zero-order chi connectivity index (χ0) is 18.1. The summed E-state index contributed by atoms with van der Waals surface area (Å²) in [5.74, 6) is 1.14. The van der Waals surface area contributed by atoms with Crippen molar-refractivity contribution in [1.82, 2.24) is 19.5 Å². The van der Waals surface area contributed by atoms with Crippen LogP contribution in [0.2, 0.25) is 0 Å². The van der Waals surface area contributed by atoms with Gasteiger partial charge in [-0.05, 0) is 30.3 Å². The molecule has 3 aromatic heterocycles. The van der Waals surface area contributed by atoms with Crippen LogP contribution in [0.3, 0.4) is 0 Å². The van der Waals surface area contributed by atoms with E-state index >= 15 is 0 Å². The first kappa shape index (κ1) is 16.3. The van der Waals surface area contributed by atoms with Crippen LogP contribution in [0.4, 0.5) is 5.69 Å². The highest BCUT2D eigenvalue weighted by molar-refractivity contribution is 7.98. The molecule has 0 spiro atoms. The summed E-state index contributed by atoms with van der Waals surface area (Å²) in [4.78, 5) is 33.2. The number of aryl methyl sites for hydroxylation is 1. The molecule has 132 valence electrons. The second kappa shape index (κ2) is 6.60. The molecule has 9 heteroatoms. The number of anilines is 1. The number of fused-ring (bicyclic) bond motifs is 1. The topological polar surface area (TPSA) is 109 Å². The Bertz CT molecular complexity index is 1140. The van der Waals surface area contributed by atoms with Gasteiger partial charge in [0.1, 0.15) is 5.76 Å². The number of aromatic nitrogens is 4. The summed E-state index contributed by atoms with van der Waals surface area (Å²) in [5.41, 5.74) is 1.58. The van der Waals surface area contributed by atoms with E-state index in [-0.39, 0.29) is 17.4 Å². The SMILES string of the molecule is Cn1ccnc1SCc1ccc(C(=O)Nc2ccc3[nH]c(=O)[nH]c3c2)o1. The molecule has 0 bridgehead atoms. The first-order chi connectivity index (χ1) is 12.6. The first-order valence-electron chi connectivity index (χ1n) is 7.81. The molecule has 3 N–H and O–H groups in total. The summed E-state index contributed by atoms with van der Waals surface area (Å²) in [6.45, 7) is 0. The number of imidazole rings is 2. The predicted molar refractivity (Wildman–Crippen MR) is 98.3 cm³/mol. The number of H-pyrrole nitrogens is 2. The number of aromatic amines is 2. The molecule has 0 aliphatic heterocycles. The number of thioether (sulfide) groups is 1. The molecule has 4 rings (SSSR count). The fourth-order valence-corrected chi connectivity index (χ4v) is 3.33. The zero-order valence-corrected chi connectivity index (χ0v) is 14.6. The highest BCUT2D eigenvalue weighted by Gasteiger charge is 2.13. The lowest BCUT2D eigenvalue weighted by atomic mass is 10.2. The third-order valence-electron chi connectivity index (χ3n) is 3.78. The highest BCUT2D eigenvalue weighted by Crippen LogP contribution is 2.22. The van der Waals surface area contributed by atoms with Crippen molar-refractivity contribution in [3.63, 3.8) is 0 Å². The Morgan fingerprint density at radius 1 is 1.27 bits per heavy atom. The molecule has 0 aliphatic carbocycles. The van der Waals surface area contributed by atoms with E-state index in [0.717, 1.165) is 5.16 Å². The van der Waals surface area contributed by atoms with Gasteiger partial charge in [-0.2, -0.15) is 0 Å². The van der Waals surface area contributed by atoms with E-state index in [9.17, 15) is 9.59 Å². The molecule has 0 aliphatic rings. The molecule has 4 aromatic rings. The minimum Gasteiger partial charge on any atom is -0.455 e. The van der Waals surface area contributed by atoms with Gasteiger partial charge in [0.2, 0.25) is 0 Å². The normalized spacial score (nSPS) is 11.1. The summed E-state index contributed by atoms with van der Waals surface area (Å²) in [7, 11) is 1.92. The van der Waals surface area contributed by atoms with Crippen LogP contribution in [-0.2, 0) is 12.8 Å². The van der Waals surface area contributed by atoms with Crippen LogP contribution in [0, 0.1) is 0 Å². The quantitative estimate of drug-likeness (QED) is 0.469. The number of hydrogen-bond donors (Lipinski definition) is 3. The number of rotatable bonds is 5. The summed E-state index contributed by atoms with van der Waals surface area (Å²) in [6, 6.07) is 8.54. The van der Waals surface area contributed by atoms with Crippen LogP contribution in [0.25, 0.3) is 11.0 Å².